The van der Waals surface area contributed by atoms with Crippen LogP contribution in [0.4, 0.5) is 0 Å². The van der Waals surface area contributed by atoms with Crippen LogP contribution in [0.2, 0.25) is 0 Å². The molecule has 0 aliphatic rings. The molecule has 0 radical (unpaired) electrons. The first-order valence-corrected chi connectivity index (χ1v) is 5.62. The molecule has 0 aliphatic heterocycles. The van der Waals surface area contributed by atoms with Gasteiger partial charge in [0.25, 0.3) is 0 Å². The summed E-state index contributed by atoms with van der Waals surface area (Å²) in [5, 5.41) is 14.1. The third-order valence-corrected chi connectivity index (χ3v) is 2.43. The first kappa shape index (κ1) is 16.9. The van der Waals surface area contributed by atoms with Crippen LogP contribution in [0.5, 0.6) is 0 Å². The van der Waals surface area contributed by atoms with Crippen molar-refractivity contribution in [1.82, 2.24) is 0 Å². The van der Waals surface area contributed by atoms with Gasteiger partial charge in [0, 0.05) is 6.10 Å². The fraction of sp³-hybridized carbons (Fsp3) is 0.538. The van der Waals surface area contributed by atoms with Gasteiger partial charge < -0.3 is 10.4 Å². The third-order valence-electron chi connectivity index (χ3n) is 2.43. The molecule has 2 unspecified atom stereocenters. The van der Waals surface area contributed by atoms with E-state index in [4.69, 9.17) is 0 Å². The molecule has 0 bridgehead atoms. The van der Waals surface area contributed by atoms with Crippen molar-refractivity contribution in [2.75, 3.05) is 6.54 Å². The maximum absolute atomic E-state index is 9.61. The second-order valence-corrected chi connectivity index (χ2v) is 3.90. The molecule has 0 fully saturated rings. The van der Waals surface area contributed by atoms with Crippen LogP contribution in [0.15, 0.2) is 30.3 Å². The zero-order valence-corrected chi connectivity index (χ0v) is 15.5. The van der Waals surface area contributed by atoms with Gasteiger partial charge in [0.15, 0.2) is 0 Å². The van der Waals surface area contributed by atoms with E-state index < -0.39 is 0 Å². The van der Waals surface area contributed by atoms with Crippen molar-refractivity contribution in [3.63, 3.8) is 0 Å². The number of hydrogen-bond acceptors (Lipinski definition) is 1. The minimum Gasteiger partial charge on any atom is -0.657 e. The van der Waals surface area contributed by atoms with Crippen molar-refractivity contribution >= 4 is 0 Å². The van der Waals surface area contributed by atoms with Gasteiger partial charge in [-0.25, -0.2) is 0 Å². The number of aliphatic hydroxyl groups excluding tert-OH is 1. The van der Waals surface area contributed by atoms with E-state index in [1.807, 2.05) is 25.1 Å². The maximum Gasteiger partial charge on any atom is 1.00 e. The largest absolute Gasteiger partial charge is 1.00 e. The SMILES string of the molecule is CCC[N-]C(Cc1ccccc1)C(C)O.[Rb+]. The van der Waals surface area contributed by atoms with Gasteiger partial charge in [0.1, 0.15) is 0 Å². The number of benzene rings is 1. The van der Waals surface area contributed by atoms with Crippen LogP contribution in [-0.4, -0.2) is 23.8 Å². The number of nitrogens with zero attached hydrogens (tertiary/aromatic N) is 1. The zero-order valence-electron chi connectivity index (χ0n) is 10.6. The van der Waals surface area contributed by atoms with E-state index in [0.29, 0.717) is 0 Å². The molecule has 1 aromatic rings. The third kappa shape index (κ3) is 6.62. The molecular weight excluding hydrogens is 272 g/mol. The summed E-state index contributed by atoms with van der Waals surface area (Å²) in [4.78, 5) is 0. The van der Waals surface area contributed by atoms with Gasteiger partial charge in [-0.1, -0.05) is 43.7 Å². The molecule has 84 valence electrons. The Bertz CT molecular complexity index is 264. The molecule has 0 aliphatic carbocycles. The predicted molar refractivity (Wildman–Crippen MR) is 64.1 cm³/mol. The van der Waals surface area contributed by atoms with Gasteiger partial charge in [-0.15, -0.1) is 12.6 Å². The Hall–Kier alpha value is 0.945. The molecule has 0 spiro atoms. The van der Waals surface area contributed by atoms with Gasteiger partial charge >= 0.3 is 58.2 Å². The van der Waals surface area contributed by atoms with E-state index in [9.17, 15) is 5.11 Å². The molecule has 0 saturated heterocycles. The molecule has 1 aromatic carbocycles. The molecule has 0 amide bonds. The molecule has 2 atom stereocenters. The average Bonchev–Trinajstić information content (AvgIpc) is 2.25. The minimum atomic E-state index is -0.364. The van der Waals surface area contributed by atoms with E-state index >= 15 is 0 Å². The van der Waals surface area contributed by atoms with Crippen molar-refractivity contribution < 1.29 is 63.3 Å². The normalized spacial score (nSPS) is 13.9. The average molecular weight is 292 g/mol. The van der Waals surface area contributed by atoms with Crippen LogP contribution in [-0.2, 0) is 6.42 Å². The van der Waals surface area contributed by atoms with Crippen molar-refractivity contribution in [2.24, 2.45) is 0 Å². The second kappa shape index (κ2) is 9.92. The quantitative estimate of drug-likeness (QED) is 0.772. The molecule has 1 rings (SSSR count). The Balaban J connectivity index is 0.00000225. The predicted octanol–water partition coefficient (Wildman–Crippen LogP) is -0.234. The molecule has 2 nitrogen and oxygen atoms in total. The summed E-state index contributed by atoms with van der Waals surface area (Å²) in [5.41, 5.74) is 1.24. The topological polar surface area (TPSA) is 34.3 Å². The van der Waals surface area contributed by atoms with Gasteiger partial charge in [-0.2, -0.15) is 0 Å². The van der Waals surface area contributed by atoms with Crippen molar-refractivity contribution in [3.05, 3.63) is 41.2 Å². The molecule has 1 N–H and O–H groups in total. The fourth-order valence-electron chi connectivity index (χ4n) is 1.54. The van der Waals surface area contributed by atoms with Crippen molar-refractivity contribution in [1.29, 1.82) is 0 Å². The van der Waals surface area contributed by atoms with Crippen LogP contribution < -0.4 is 58.2 Å². The van der Waals surface area contributed by atoms with Crippen LogP contribution in [0, 0.1) is 0 Å². The van der Waals surface area contributed by atoms with Gasteiger partial charge in [0.05, 0.1) is 0 Å². The van der Waals surface area contributed by atoms with E-state index in [0.717, 1.165) is 19.4 Å². The molecule has 3 heteroatoms. The molecule has 0 saturated carbocycles. The van der Waals surface area contributed by atoms with Crippen molar-refractivity contribution in [3.8, 4) is 0 Å². The fourth-order valence-corrected chi connectivity index (χ4v) is 1.54. The molecule has 0 heterocycles. The van der Waals surface area contributed by atoms with E-state index in [1.165, 1.54) is 5.56 Å². The Morgan fingerprint density at radius 3 is 2.38 bits per heavy atom. The van der Waals surface area contributed by atoms with E-state index in [2.05, 4.69) is 24.4 Å². The van der Waals surface area contributed by atoms with Crippen LogP contribution in [0.25, 0.3) is 5.32 Å². The minimum absolute atomic E-state index is 0. The van der Waals surface area contributed by atoms with Crippen LogP contribution in [0.3, 0.4) is 0 Å². The summed E-state index contributed by atoms with van der Waals surface area (Å²) >= 11 is 0. The summed E-state index contributed by atoms with van der Waals surface area (Å²) in [6.07, 6.45) is 1.51. The number of aliphatic hydroxyl groups is 1. The molecule has 0 aromatic heterocycles. The number of rotatable bonds is 6. The van der Waals surface area contributed by atoms with Crippen LogP contribution in [0.1, 0.15) is 25.8 Å². The Morgan fingerprint density at radius 2 is 1.88 bits per heavy atom. The van der Waals surface area contributed by atoms with Gasteiger partial charge in [-0.05, 0) is 18.9 Å². The smallest absolute Gasteiger partial charge is 0.657 e. The van der Waals surface area contributed by atoms with Crippen molar-refractivity contribution in [2.45, 2.75) is 38.8 Å². The second-order valence-electron chi connectivity index (χ2n) is 3.90. The summed E-state index contributed by atoms with van der Waals surface area (Å²) in [5.74, 6) is 0. The van der Waals surface area contributed by atoms with Gasteiger partial charge in [-0.3, -0.25) is 0 Å². The Kier molecular flexibility index (Phi) is 10.5. The van der Waals surface area contributed by atoms with E-state index in [1.54, 1.807) is 0 Å². The zero-order chi connectivity index (χ0) is 11.1. The summed E-state index contributed by atoms with van der Waals surface area (Å²) in [7, 11) is 0. The summed E-state index contributed by atoms with van der Waals surface area (Å²) in [6, 6.07) is 10.2. The van der Waals surface area contributed by atoms with Crippen LogP contribution >= 0.6 is 0 Å². The summed E-state index contributed by atoms with van der Waals surface area (Å²) in [6.45, 7) is 4.75. The maximum atomic E-state index is 9.61. The molecule has 16 heavy (non-hydrogen) atoms. The van der Waals surface area contributed by atoms with E-state index in [-0.39, 0.29) is 70.3 Å². The first-order valence-electron chi connectivity index (χ1n) is 5.62. The monoisotopic (exact) mass is 291 g/mol. The Labute approximate surface area is 148 Å². The Morgan fingerprint density at radius 1 is 1.25 bits per heavy atom. The standard InChI is InChI=1S/C13H20NO.Rb/c1-3-9-14-13(11(2)15)10-12-7-5-4-6-8-12;/h4-8,11,13,15H,3,9-10H2,1-2H3;/q-1;+1. The summed E-state index contributed by atoms with van der Waals surface area (Å²) < 4.78 is 0. The number of hydrogen-bond donors (Lipinski definition) is 1. The molecular formula is C13H20NORb. The van der Waals surface area contributed by atoms with Gasteiger partial charge in [0.2, 0.25) is 0 Å². The first-order chi connectivity index (χ1) is 7.24.